The van der Waals surface area contributed by atoms with Crippen molar-refractivity contribution < 1.29 is 0 Å². The monoisotopic (exact) mass is 353 g/mol. The Balaban J connectivity index is 2.94. The summed E-state index contributed by atoms with van der Waals surface area (Å²) in [6.45, 7) is 7.08. The predicted molar refractivity (Wildman–Crippen MR) is 117 cm³/mol. The van der Waals surface area contributed by atoms with Gasteiger partial charge in [-0.25, -0.2) is 0 Å². The zero-order valence-corrected chi connectivity index (χ0v) is 18.1. The van der Waals surface area contributed by atoms with Crippen LogP contribution in [-0.4, -0.2) is 13.1 Å². The largest absolute Gasteiger partial charge is 0.317 e. The van der Waals surface area contributed by atoms with E-state index in [1.807, 2.05) is 0 Å². The molecular weight excluding hydrogens is 302 g/mol. The Hall–Kier alpha value is -0.0400. The third-order valence-electron chi connectivity index (χ3n) is 5.41. The molecule has 0 heterocycles. The maximum absolute atomic E-state index is 3.63. The number of hydrogen-bond donors (Lipinski definition) is 1. The van der Waals surface area contributed by atoms with Crippen LogP contribution < -0.4 is 5.32 Å². The average Bonchev–Trinajstić information content (AvgIpc) is 2.63. The van der Waals surface area contributed by atoms with Crippen molar-refractivity contribution in [2.75, 3.05) is 13.1 Å². The van der Waals surface area contributed by atoms with Crippen molar-refractivity contribution in [2.24, 2.45) is 0 Å². The van der Waals surface area contributed by atoms with Crippen LogP contribution in [0.1, 0.15) is 142 Å². The molecule has 0 atom stereocenters. The molecule has 0 amide bonds. The average molecular weight is 354 g/mol. The third kappa shape index (κ3) is 24.0. The van der Waals surface area contributed by atoms with E-state index in [4.69, 9.17) is 0 Å². The summed E-state index contributed by atoms with van der Waals surface area (Å²) in [6, 6.07) is 0. The van der Waals surface area contributed by atoms with Crippen molar-refractivity contribution in [2.45, 2.75) is 142 Å². The molecule has 0 bridgehead atoms. The number of unbranched alkanes of at least 4 members (excludes halogenated alkanes) is 18. The minimum Gasteiger partial charge on any atom is -0.317 e. The molecule has 152 valence electrons. The summed E-state index contributed by atoms with van der Waals surface area (Å²) in [4.78, 5) is 0. The van der Waals surface area contributed by atoms with Crippen molar-refractivity contribution in [1.29, 1.82) is 0 Å². The van der Waals surface area contributed by atoms with Crippen molar-refractivity contribution in [3.63, 3.8) is 0 Å². The number of nitrogens with one attached hydrogen (secondary N) is 1. The standard InChI is InChI=1S/C24H51N/c1-3-5-7-9-11-12-13-14-15-16-18-20-22-24-25-23-21-19-17-10-8-6-4-2/h25H,3-24H2,1-2H3. The van der Waals surface area contributed by atoms with Crippen molar-refractivity contribution in [1.82, 2.24) is 5.32 Å². The van der Waals surface area contributed by atoms with E-state index in [-0.39, 0.29) is 0 Å². The van der Waals surface area contributed by atoms with Gasteiger partial charge in [0.15, 0.2) is 0 Å². The molecule has 0 saturated carbocycles. The molecule has 1 heteroatoms. The van der Waals surface area contributed by atoms with Crippen molar-refractivity contribution >= 4 is 0 Å². The lowest BCUT2D eigenvalue weighted by atomic mass is 10.0. The van der Waals surface area contributed by atoms with Gasteiger partial charge in [0, 0.05) is 0 Å². The van der Waals surface area contributed by atoms with E-state index in [1.54, 1.807) is 0 Å². The van der Waals surface area contributed by atoms with E-state index in [1.165, 1.54) is 142 Å². The fourth-order valence-corrected chi connectivity index (χ4v) is 3.60. The minimum atomic E-state index is 1.24. The van der Waals surface area contributed by atoms with Gasteiger partial charge in [0.05, 0.1) is 0 Å². The quantitative estimate of drug-likeness (QED) is 0.193. The molecule has 0 fully saturated rings. The minimum absolute atomic E-state index is 1.24. The summed E-state index contributed by atoms with van der Waals surface area (Å²) in [6.07, 6.45) is 28.8. The second-order valence-electron chi connectivity index (χ2n) is 8.11. The molecule has 0 aromatic rings. The first-order valence-corrected chi connectivity index (χ1v) is 12.1. The Labute approximate surface area is 161 Å². The van der Waals surface area contributed by atoms with Crippen LogP contribution in [0.4, 0.5) is 0 Å². The van der Waals surface area contributed by atoms with Crippen LogP contribution in [0, 0.1) is 0 Å². The molecule has 0 aliphatic heterocycles. The highest BCUT2D eigenvalue weighted by molar-refractivity contribution is 4.52. The molecule has 1 N–H and O–H groups in total. The topological polar surface area (TPSA) is 12.0 Å². The lowest BCUT2D eigenvalue weighted by Gasteiger charge is -2.05. The fraction of sp³-hybridized carbons (Fsp3) is 1.00. The maximum atomic E-state index is 3.63. The molecule has 0 unspecified atom stereocenters. The van der Waals surface area contributed by atoms with E-state index in [0.717, 1.165) is 0 Å². The van der Waals surface area contributed by atoms with E-state index in [2.05, 4.69) is 19.2 Å². The summed E-state index contributed by atoms with van der Waals surface area (Å²) in [7, 11) is 0. The van der Waals surface area contributed by atoms with Crippen LogP contribution >= 0.6 is 0 Å². The summed E-state index contributed by atoms with van der Waals surface area (Å²) in [5.41, 5.74) is 0. The van der Waals surface area contributed by atoms with Crippen molar-refractivity contribution in [3.05, 3.63) is 0 Å². The molecule has 0 aromatic carbocycles. The second kappa shape index (κ2) is 24.0. The summed E-state index contributed by atoms with van der Waals surface area (Å²) < 4.78 is 0. The van der Waals surface area contributed by atoms with Gasteiger partial charge in [-0.1, -0.05) is 129 Å². The number of rotatable bonds is 22. The van der Waals surface area contributed by atoms with Crippen LogP contribution in [0.25, 0.3) is 0 Å². The molecule has 0 rings (SSSR count). The second-order valence-corrected chi connectivity index (χ2v) is 8.11. The van der Waals surface area contributed by atoms with Crippen LogP contribution in [-0.2, 0) is 0 Å². The lowest BCUT2D eigenvalue weighted by Crippen LogP contribution is -2.16. The van der Waals surface area contributed by atoms with Gasteiger partial charge in [-0.15, -0.1) is 0 Å². The van der Waals surface area contributed by atoms with Crippen LogP contribution in [0.5, 0.6) is 0 Å². The zero-order chi connectivity index (χ0) is 18.3. The van der Waals surface area contributed by atoms with Gasteiger partial charge in [-0.3, -0.25) is 0 Å². The van der Waals surface area contributed by atoms with Gasteiger partial charge in [0.1, 0.15) is 0 Å². The van der Waals surface area contributed by atoms with Crippen LogP contribution in [0.2, 0.25) is 0 Å². The van der Waals surface area contributed by atoms with E-state index < -0.39 is 0 Å². The zero-order valence-electron chi connectivity index (χ0n) is 18.1. The van der Waals surface area contributed by atoms with Crippen LogP contribution in [0.3, 0.4) is 0 Å². The SMILES string of the molecule is CCCCCCCCCCCCCCCNCCCCCCCCC. The van der Waals surface area contributed by atoms with Crippen molar-refractivity contribution in [3.8, 4) is 0 Å². The van der Waals surface area contributed by atoms with Gasteiger partial charge >= 0.3 is 0 Å². The molecule has 0 radical (unpaired) electrons. The molecule has 0 saturated heterocycles. The third-order valence-corrected chi connectivity index (χ3v) is 5.41. The van der Waals surface area contributed by atoms with Gasteiger partial charge in [0.25, 0.3) is 0 Å². The maximum Gasteiger partial charge on any atom is -0.00489 e. The molecular formula is C24H51N. The Morgan fingerprint density at radius 3 is 0.840 bits per heavy atom. The highest BCUT2D eigenvalue weighted by Gasteiger charge is 1.94. The summed E-state index contributed by atoms with van der Waals surface area (Å²) in [5.74, 6) is 0. The smallest absolute Gasteiger partial charge is 0.00489 e. The van der Waals surface area contributed by atoms with Crippen LogP contribution in [0.15, 0.2) is 0 Å². The fourth-order valence-electron chi connectivity index (χ4n) is 3.60. The van der Waals surface area contributed by atoms with Gasteiger partial charge in [-0.05, 0) is 25.9 Å². The molecule has 0 aromatic heterocycles. The Kier molecular flexibility index (Phi) is 23.9. The van der Waals surface area contributed by atoms with E-state index in [9.17, 15) is 0 Å². The van der Waals surface area contributed by atoms with Gasteiger partial charge in [-0.2, -0.15) is 0 Å². The normalized spacial score (nSPS) is 11.3. The van der Waals surface area contributed by atoms with Gasteiger partial charge < -0.3 is 5.32 Å². The highest BCUT2D eigenvalue weighted by Crippen LogP contribution is 2.12. The first kappa shape index (κ1) is 25.0. The predicted octanol–water partition coefficient (Wildman–Crippen LogP) is 8.42. The number of hydrogen-bond acceptors (Lipinski definition) is 1. The molecule has 0 aliphatic rings. The lowest BCUT2D eigenvalue weighted by molar-refractivity contribution is 0.524. The Morgan fingerprint density at radius 1 is 0.320 bits per heavy atom. The molecule has 1 nitrogen and oxygen atoms in total. The molecule has 0 aliphatic carbocycles. The summed E-state index contributed by atoms with van der Waals surface area (Å²) >= 11 is 0. The first-order chi connectivity index (χ1) is 12.4. The van der Waals surface area contributed by atoms with Gasteiger partial charge in [0.2, 0.25) is 0 Å². The molecule has 25 heavy (non-hydrogen) atoms. The first-order valence-electron chi connectivity index (χ1n) is 12.1. The summed E-state index contributed by atoms with van der Waals surface area (Å²) in [5, 5.41) is 3.63. The molecule has 0 spiro atoms. The Bertz CT molecular complexity index is 192. The Morgan fingerprint density at radius 2 is 0.560 bits per heavy atom. The van der Waals surface area contributed by atoms with E-state index >= 15 is 0 Å². The highest BCUT2D eigenvalue weighted by atomic mass is 14.8. The van der Waals surface area contributed by atoms with E-state index in [0.29, 0.717) is 0 Å².